The van der Waals surface area contributed by atoms with Gasteiger partial charge >= 0.3 is 5.97 Å². The van der Waals surface area contributed by atoms with E-state index in [4.69, 9.17) is 9.84 Å². The standard InChI is InChI=1S/C23H40O5/c1-28-22(23(26)27)12-8-4-7-11-19-17(14-16-21(19)25)13-15-20(24)18-9-5-2-3-6-10-18/h13,15,17-22,24-25H,2-12,14,16H2,1H3,(H,26,27)/t17-,19+,20?,21-,22?/m0/s1. The van der Waals surface area contributed by atoms with Crippen LogP contribution in [-0.4, -0.2) is 46.7 Å². The van der Waals surface area contributed by atoms with Crippen LogP contribution in [0.1, 0.15) is 83.5 Å². The van der Waals surface area contributed by atoms with Crippen molar-refractivity contribution in [3.63, 3.8) is 0 Å². The maximum Gasteiger partial charge on any atom is 0.332 e. The van der Waals surface area contributed by atoms with Crippen LogP contribution in [0.2, 0.25) is 0 Å². The Labute approximate surface area is 170 Å². The molecule has 2 fully saturated rings. The molecule has 0 spiro atoms. The van der Waals surface area contributed by atoms with Gasteiger partial charge in [0.2, 0.25) is 0 Å². The zero-order valence-corrected chi connectivity index (χ0v) is 17.5. The van der Waals surface area contributed by atoms with E-state index in [1.54, 1.807) is 0 Å². The predicted molar refractivity (Wildman–Crippen MR) is 110 cm³/mol. The summed E-state index contributed by atoms with van der Waals surface area (Å²) in [5.74, 6) is 0.106. The minimum atomic E-state index is -0.897. The van der Waals surface area contributed by atoms with Gasteiger partial charge < -0.3 is 20.1 Å². The van der Waals surface area contributed by atoms with Crippen LogP contribution in [0.15, 0.2) is 12.2 Å². The Morgan fingerprint density at radius 2 is 1.79 bits per heavy atom. The number of methoxy groups -OCH3 is 1. The van der Waals surface area contributed by atoms with E-state index in [1.165, 1.54) is 32.8 Å². The van der Waals surface area contributed by atoms with Gasteiger partial charge in [-0.15, -0.1) is 0 Å². The van der Waals surface area contributed by atoms with Crippen LogP contribution < -0.4 is 0 Å². The zero-order chi connectivity index (χ0) is 20.4. The number of carboxylic acids is 1. The highest BCUT2D eigenvalue weighted by atomic mass is 16.5. The van der Waals surface area contributed by atoms with Crippen molar-refractivity contribution in [2.24, 2.45) is 17.8 Å². The molecule has 2 aliphatic rings. The molecule has 2 unspecified atom stereocenters. The molecule has 2 rings (SSSR count). The number of ether oxygens (including phenoxy) is 1. The Kier molecular flexibility index (Phi) is 10.5. The molecule has 0 aliphatic heterocycles. The first-order valence-electron chi connectivity index (χ1n) is 11.3. The van der Waals surface area contributed by atoms with Crippen molar-refractivity contribution in [1.29, 1.82) is 0 Å². The van der Waals surface area contributed by atoms with E-state index < -0.39 is 12.1 Å². The van der Waals surface area contributed by atoms with Gasteiger partial charge in [0.15, 0.2) is 6.10 Å². The van der Waals surface area contributed by atoms with Crippen molar-refractivity contribution in [3.8, 4) is 0 Å². The Morgan fingerprint density at radius 3 is 2.43 bits per heavy atom. The number of allylic oxidation sites excluding steroid dienone is 1. The van der Waals surface area contributed by atoms with Gasteiger partial charge in [0.05, 0.1) is 12.2 Å². The number of carbonyl (C=O) groups is 1. The monoisotopic (exact) mass is 396 g/mol. The van der Waals surface area contributed by atoms with Gasteiger partial charge in [-0.1, -0.05) is 57.1 Å². The smallest absolute Gasteiger partial charge is 0.332 e. The molecule has 0 heterocycles. The molecule has 162 valence electrons. The average Bonchev–Trinajstić information content (AvgIpc) is 2.87. The van der Waals surface area contributed by atoms with Crippen LogP contribution in [0.25, 0.3) is 0 Å². The van der Waals surface area contributed by atoms with E-state index in [2.05, 4.69) is 6.08 Å². The van der Waals surface area contributed by atoms with Gasteiger partial charge in [0.25, 0.3) is 0 Å². The first-order chi connectivity index (χ1) is 13.5. The highest BCUT2D eigenvalue weighted by Crippen LogP contribution is 2.37. The molecule has 0 aromatic carbocycles. The second-order valence-corrected chi connectivity index (χ2v) is 8.80. The van der Waals surface area contributed by atoms with Crippen molar-refractivity contribution in [3.05, 3.63) is 12.2 Å². The fourth-order valence-corrected chi connectivity index (χ4v) is 5.02. The number of rotatable bonds is 11. The lowest BCUT2D eigenvalue weighted by Gasteiger charge is -2.22. The van der Waals surface area contributed by atoms with Crippen molar-refractivity contribution < 1.29 is 24.9 Å². The van der Waals surface area contributed by atoms with Crippen LogP contribution in [-0.2, 0) is 9.53 Å². The summed E-state index contributed by atoms with van der Waals surface area (Å²) >= 11 is 0. The third-order valence-electron chi connectivity index (χ3n) is 6.84. The lowest BCUT2D eigenvalue weighted by molar-refractivity contribution is -0.148. The average molecular weight is 397 g/mol. The third-order valence-corrected chi connectivity index (χ3v) is 6.84. The summed E-state index contributed by atoms with van der Waals surface area (Å²) in [6.07, 6.45) is 16.3. The minimum Gasteiger partial charge on any atom is -0.479 e. The van der Waals surface area contributed by atoms with Gasteiger partial charge in [-0.2, -0.15) is 0 Å². The first kappa shape index (κ1) is 23.4. The molecule has 0 amide bonds. The summed E-state index contributed by atoms with van der Waals surface area (Å²) in [6, 6.07) is 0. The maximum atomic E-state index is 11.0. The van der Waals surface area contributed by atoms with E-state index in [0.29, 0.717) is 18.3 Å². The molecule has 28 heavy (non-hydrogen) atoms. The van der Waals surface area contributed by atoms with Crippen LogP contribution in [0.4, 0.5) is 0 Å². The molecule has 0 aromatic rings. The van der Waals surface area contributed by atoms with E-state index in [-0.39, 0.29) is 18.1 Å². The van der Waals surface area contributed by atoms with Crippen LogP contribution in [0, 0.1) is 17.8 Å². The largest absolute Gasteiger partial charge is 0.479 e. The van der Waals surface area contributed by atoms with Crippen molar-refractivity contribution >= 4 is 5.97 Å². The molecule has 0 radical (unpaired) electrons. The van der Waals surface area contributed by atoms with E-state index in [0.717, 1.165) is 51.4 Å². The molecule has 0 saturated heterocycles. The normalized spacial score (nSPS) is 29.0. The molecule has 5 heteroatoms. The first-order valence-corrected chi connectivity index (χ1v) is 11.3. The van der Waals surface area contributed by atoms with E-state index in [9.17, 15) is 15.0 Å². The Morgan fingerprint density at radius 1 is 1.07 bits per heavy atom. The highest BCUT2D eigenvalue weighted by Gasteiger charge is 2.33. The summed E-state index contributed by atoms with van der Waals surface area (Å²) in [5.41, 5.74) is 0. The topological polar surface area (TPSA) is 87.0 Å². The summed E-state index contributed by atoms with van der Waals surface area (Å²) in [4.78, 5) is 11.0. The molecule has 2 saturated carbocycles. The maximum absolute atomic E-state index is 11.0. The molecule has 3 N–H and O–H groups in total. The van der Waals surface area contributed by atoms with E-state index in [1.807, 2.05) is 6.08 Å². The Bertz CT molecular complexity index is 470. The molecule has 5 atom stereocenters. The molecular weight excluding hydrogens is 356 g/mol. The lowest BCUT2D eigenvalue weighted by Crippen LogP contribution is -2.22. The minimum absolute atomic E-state index is 0.254. The molecule has 0 bridgehead atoms. The molecule has 2 aliphatic carbocycles. The quantitative estimate of drug-likeness (QED) is 0.275. The Balaban J connectivity index is 1.74. The second-order valence-electron chi connectivity index (χ2n) is 8.80. The summed E-state index contributed by atoms with van der Waals surface area (Å²) in [6.45, 7) is 0. The van der Waals surface area contributed by atoms with Crippen molar-refractivity contribution in [2.45, 2.75) is 102 Å². The second kappa shape index (κ2) is 12.6. The molecular formula is C23H40O5. The number of aliphatic hydroxyl groups excluding tert-OH is 2. The number of aliphatic hydroxyl groups is 2. The van der Waals surface area contributed by atoms with E-state index >= 15 is 0 Å². The van der Waals surface area contributed by atoms with Gasteiger partial charge in [0, 0.05) is 7.11 Å². The van der Waals surface area contributed by atoms with Gasteiger partial charge in [-0.3, -0.25) is 0 Å². The van der Waals surface area contributed by atoms with Crippen LogP contribution in [0.5, 0.6) is 0 Å². The summed E-state index contributed by atoms with van der Waals surface area (Å²) in [5, 5.41) is 29.9. The van der Waals surface area contributed by atoms with Crippen LogP contribution in [0.3, 0.4) is 0 Å². The highest BCUT2D eigenvalue weighted by molar-refractivity contribution is 5.72. The number of carboxylic acid groups (broad SMARTS) is 1. The van der Waals surface area contributed by atoms with Crippen molar-refractivity contribution in [1.82, 2.24) is 0 Å². The van der Waals surface area contributed by atoms with Crippen molar-refractivity contribution in [2.75, 3.05) is 7.11 Å². The summed E-state index contributed by atoms with van der Waals surface area (Å²) in [7, 11) is 1.44. The SMILES string of the molecule is COC(CCCCC[C@H]1[C@@H](O)CC[C@@H]1C=CC(O)C1CCCCCC1)C(=O)O. The summed E-state index contributed by atoms with van der Waals surface area (Å²) < 4.78 is 4.97. The van der Waals surface area contributed by atoms with Gasteiger partial charge in [-0.25, -0.2) is 4.79 Å². The molecule has 0 aromatic heterocycles. The Hall–Kier alpha value is -0.910. The number of unbranched alkanes of at least 4 members (excludes halogenated alkanes) is 2. The van der Waals surface area contributed by atoms with Gasteiger partial charge in [-0.05, 0) is 56.3 Å². The fraction of sp³-hybridized carbons (Fsp3) is 0.870. The third kappa shape index (κ3) is 7.49. The number of hydrogen-bond acceptors (Lipinski definition) is 4. The van der Waals surface area contributed by atoms with Gasteiger partial charge in [0.1, 0.15) is 0 Å². The van der Waals surface area contributed by atoms with Crippen LogP contribution >= 0.6 is 0 Å². The molecule has 5 nitrogen and oxygen atoms in total. The fourth-order valence-electron chi connectivity index (χ4n) is 5.02. The lowest BCUT2D eigenvalue weighted by atomic mass is 9.87. The predicted octanol–water partition coefficient (Wildman–Crippen LogP) is 4.31. The number of hydrogen-bond donors (Lipinski definition) is 3. The zero-order valence-electron chi connectivity index (χ0n) is 17.5. The number of aliphatic carboxylic acids is 1.